The molecular weight excluding hydrogens is 196 g/mol. The van der Waals surface area contributed by atoms with E-state index in [1.165, 1.54) is 38.5 Å². The molecule has 0 aromatic carbocycles. The van der Waals surface area contributed by atoms with Gasteiger partial charge < -0.3 is 10.6 Å². The Bertz CT molecular complexity index is 168. The van der Waals surface area contributed by atoms with Crippen LogP contribution in [-0.4, -0.2) is 25.2 Å². The van der Waals surface area contributed by atoms with E-state index < -0.39 is 0 Å². The maximum Gasteiger partial charge on any atom is 0.00794 e. The van der Waals surface area contributed by atoms with Crippen LogP contribution in [0, 0.1) is 5.92 Å². The molecule has 1 rings (SSSR count). The average molecular weight is 226 g/mol. The number of rotatable bonds is 6. The molecule has 0 aliphatic heterocycles. The summed E-state index contributed by atoms with van der Waals surface area (Å²) >= 11 is 0. The molecule has 2 atom stereocenters. The van der Waals surface area contributed by atoms with Crippen molar-refractivity contribution in [2.45, 2.75) is 71.4 Å². The zero-order chi connectivity index (χ0) is 11.8. The zero-order valence-corrected chi connectivity index (χ0v) is 11.4. The molecule has 1 aliphatic rings. The van der Waals surface area contributed by atoms with Crippen LogP contribution in [0.1, 0.15) is 59.3 Å². The van der Waals surface area contributed by atoms with Gasteiger partial charge in [0, 0.05) is 25.2 Å². The lowest BCUT2D eigenvalue weighted by atomic mass is 9.98. The quantitative estimate of drug-likeness (QED) is 0.537. The molecule has 1 aliphatic carbocycles. The van der Waals surface area contributed by atoms with Crippen LogP contribution in [-0.2, 0) is 0 Å². The normalized spacial score (nSPS) is 27.0. The van der Waals surface area contributed by atoms with Crippen LogP contribution < -0.4 is 10.6 Å². The molecule has 0 bridgehead atoms. The van der Waals surface area contributed by atoms with Gasteiger partial charge in [0.1, 0.15) is 0 Å². The molecule has 0 aromatic rings. The van der Waals surface area contributed by atoms with E-state index in [1.54, 1.807) is 0 Å². The van der Waals surface area contributed by atoms with Gasteiger partial charge in [0.05, 0.1) is 0 Å². The van der Waals surface area contributed by atoms with E-state index >= 15 is 0 Å². The summed E-state index contributed by atoms with van der Waals surface area (Å²) in [4.78, 5) is 0. The van der Waals surface area contributed by atoms with E-state index in [4.69, 9.17) is 0 Å². The van der Waals surface area contributed by atoms with Crippen LogP contribution >= 0.6 is 0 Å². The zero-order valence-electron chi connectivity index (χ0n) is 11.4. The summed E-state index contributed by atoms with van der Waals surface area (Å²) in [6.07, 6.45) is 8.47. The average Bonchev–Trinajstić information content (AvgIpc) is 2.49. The molecule has 96 valence electrons. The minimum atomic E-state index is 0.611. The Hall–Kier alpha value is -0.0800. The summed E-state index contributed by atoms with van der Waals surface area (Å²) in [6, 6.07) is 1.39. The predicted octanol–water partition coefficient (Wildman–Crippen LogP) is 2.93. The first-order valence-corrected chi connectivity index (χ1v) is 7.19. The van der Waals surface area contributed by atoms with Crippen molar-refractivity contribution in [2.75, 3.05) is 13.1 Å². The molecule has 2 unspecified atom stereocenters. The summed E-state index contributed by atoms with van der Waals surface area (Å²) < 4.78 is 0. The molecule has 0 saturated heterocycles. The van der Waals surface area contributed by atoms with Gasteiger partial charge in [-0.25, -0.2) is 0 Å². The third kappa shape index (κ3) is 5.86. The van der Waals surface area contributed by atoms with Crippen LogP contribution in [0.25, 0.3) is 0 Å². The van der Waals surface area contributed by atoms with Crippen LogP contribution in [0.5, 0.6) is 0 Å². The minimum absolute atomic E-state index is 0.611. The summed E-state index contributed by atoms with van der Waals surface area (Å²) in [5.74, 6) is 1.00. The molecule has 0 aromatic heterocycles. The first-order valence-electron chi connectivity index (χ1n) is 7.19. The molecule has 0 radical (unpaired) electrons. The second kappa shape index (κ2) is 8.08. The van der Waals surface area contributed by atoms with Crippen molar-refractivity contribution in [3.63, 3.8) is 0 Å². The van der Waals surface area contributed by atoms with Gasteiger partial charge >= 0.3 is 0 Å². The number of hydrogen-bond acceptors (Lipinski definition) is 2. The van der Waals surface area contributed by atoms with Crippen LogP contribution in [0.3, 0.4) is 0 Å². The van der Waals surface area contributed by atoms with Crippen molar-refractivity contribution in [3.8, 4) is 0 Å². The van der Waals surface area contributed by atoms with Gasteiger partial charge in [0.15, 0.2) is 0 Å². The third-order valence-corrected chi connectivity index (χ3v) is 3.78. The fourth-order valence-corrected chi connectivity index (χ4v) is 2.63. The van der Waals surface area contributed by atoms with Gasteiger partial charge in [-0.15, -0.1) is 0 Å². The Morgan fingerprint density at radius 3 is 2.56 bits per heavy atom. The summed E-state index contributed by atoms with van der Waals surface area (Å²) in [6.45, 7) is 8.98. The van der Waals surface area contributed by atoms with E-state index in [1.807, 2.05) is 0 Å². The second-order valence-corrected chi connectivity index (χ2v) is 5.54. The van der Waals surface area contributed by atoms with E-state index in [2.05, 4.69) is 31.4 Å². The first kappa shape index (κ1) is 14.0. The molecule has 2 heteroatoms. The molecule has 1 saturated carbocycles. The standard InChI is InChI=1S/C14H30N2/c1-4-13-6-5-7-14(9-8-13)16-11-10-15-12(2)3/h12-16H,4-11H2,1-3H3. The molecule has 0 amide bonds. The molecule has 0 spiro atoms. The summed E-state index contributed by atoms with van der Waals surface area (Å²) in [7, 11) is 0. The van der Waals surface area contributed by atoms with Gasteiger partial charge in [0.25, 0.3) is 0 Å². The van der Waals surface area contributed by atoms with E-state index in [-0.39, 0.29) is 0 Å². The van der Waals surface area contributed by atoms with Crippen LogP contribution in [0.4, 0.5) is 0 Å². The fourth-order valence-electron chi connectivity index (χ4n) is 2.63. The third-order valence-electron chi connectivity index (χ3n) is 3.78. The fraction of sp³-hybridized carbons (Fsp3) is 1.00. The van der Waals surface area contributed by atoms with Crippen molar-refractivity contribution < 1.29 is 0 Å². The molecule has 16 heavy (non-hydrogen) atoms. The van der Waals surface area contributed by atoms with E-state index in [9.17, 15) is 0 Å². The maximum atomic E-state index is 3.70. The smallest absolute Gasteiger partial charge is 0.00794 e. The largest absolute Gasteiger partial charge is 0.313 e. The van der Waals surface area contributed by atoms with Gasteiger partial charge in [-0.1, -0.05) is 40.0 Å². The van der Waals surface area contributed by atoms with Crippen LogP contribution in [0.15, 0.2) is 0 Å². The van der Waals surface area contributed by atoms with Gasteiger partial charge in [0.2, 0.25) is 0 Å². The topological polar surface area (TPSA) is 24.1 Å². The van der Waals surface area contributed by atoms with E-state index in [0.29, 0.717) is 6.04 Å². The Morgan fingerprint density at radius 2 is 1.88 bits per heavy atom. The van der Waals surface area contributed by atoms with E-state index in [0.717, 1.165) is 25.0 Å². The molecule has 2 N–H and O–H groups in total. The lowest BCUT2D eigenvalue weighted by Crippen LogP contribution is -2.36. The highest BCUT2D eigenvalue weighted by molar-refractivity contribution is 4.74. The van der Waals surface area contributed by atoms with Crippen molar-refractivity contribution in [2.24, 2.45) is 5.92 Å². The Morgan fingerprint density at radius 1 is 1.06 bits per heavy atom. The monoisotopic (exact) mass is 226 g/mol. The lowest BCUT2D eigenvalue weighted by Gasteiger charge is -2.17. The number of nitrogens with one attached hydrogen (secondary N) is 2. The molecule has 2 nitrogen and oxygen atoms in total. The highest BCUT2D eigenvalue weighted by atomic mass is 15.0. The van der Waals surface area contributed by atoms with Crippen molar-refractivity contribution in [1.29, 1.82) is 0 Å². The van der Waals surface area contributed by atoms with Gasteiger partial charge in [-0.2, -0.15) is 0 Å². The molecule has 0 heterocycles. The summed E-state index contributed by atoms with van der Waals surface area (Å²) in [5.41, 5.74) is 0. The molecule has 1 fully saturated rings. The van der Waals surface area contributed by atoms with Crippen LogP contribution in [0.2, 0.25) is 0 Å². The van der Waals surface area contributed by atoms with Gasteiger partial charge in [-0.3, -0.25) is 0 Å². The number of hydrogen-bond donors (Lipinski definition) is 2. The Labute approximate surface area is 102 Å². The highest BCUT2D eigenvalue weighted by Crippen LogP contribution is 2.25. The summed E-state index contributed by atoms with van der Waals surface area (Å²) in [5, 5.41) is 7.16. The van der Waals surface area contributed by atoms with Crippen molar-refractivity contribution in [3.05, 3.63) is 0 Å². The molecular formula is C14H30N2. The van der Waals surface area contributed by atoms with Crippen molar-refractivity contribution in [1.82, 2.24) is 10.6 Å². The lowest BCUT2D eigenvalue weighted by molar-refractivity contribution is 0.421. The van der Waals surface area contributed by atoms with Gasteiger partial charge in [-0.05, 0) is 25.2 Å². The Balaban J connectivity index is 2.08. The predicted molar refractivity (Wildman–Crippen MR) is 71.8 cm³/mol. The first-order chi connectivity index (χ1) is 7.72. The Kier molecular flexibility index (Phi) is 7.06. The van der Waals surface area contributed by atoms with Crippen molar-refractivity contribution >= 4 is 0 Å². The highest BCUT2D eigenvalue weighted by Gasteiger charge is 2.16. The SMILES string of the molecule is CCC1CCCC(NCCNC(C)C)CC1. The minimum Gasteiger partial charge on any atom is -0.313 e. The second-order valence-electron chi connectivity index (χ2n) is 5.54. The maximum absolute atomic E-state index is 3.70.